The van der Waals surface area contributed by atoms with E-state index in [1.54, 1.807) is 19.9 Å². The number of amides is 3. The second-order valence-corrected chi connectivity index (χ2v) is 10.0. The lowest BCUT2D eigenvalue weighted by atomic mass is 10.0. The Kier molecular flexibility index (Phi) is 11.3. The van der Waals surface area contributed by atoms with Gasteiger partial charge in [-0.25, -0.2) is 13.6 Å². The largest absolute Gasteiger partial charge is 0.456 e. The average Bonchev–Trinajstić information content (AvgIpc) is 2.89. The number of imide groups is 1. The Morgan fingerprint density at radius 1 is 0.897 bits per heavy atom. The van der Waals surface area contributed by atoms with Gasteiger partial charge in [0.15, 0.2) is 0 Å². The van der Waals surface area contributed by atoms with Gasteiger partial charge in [0.1, 0.15) is 28.7 Å². The molecule has 0 saturated heterocycles. The molecule has 0 aliphatic heterocycles. The van der Waals surface area contributed by atoms with Gasteiger partial charge >= 0.3 is 6.03 Å². The number of carbonyl (C=O) groups is 2. The van der Waals surface area contributed by atoms with E-state index in [9.17, 15) is 18.4 Å². The average molecular weight is 557 g/mol. The minimum atomic E-state index is -1.20. The molecular weight excluding hydrogens is 522 g/mol. The van der Waals surface area contributed by atoms with E-state index in [1.165, 1.54) is 50.5 Å². The van der Waals surface area contributed by atoms with E-state index in [0.29, 0.717) is 33.3 Å². The molecule has 3 rings (SSSR count). The quantitative estimate of drug-likeness (QED) is 0.218. The van der Waals surface area contributed by atoms with Gasteiger partial charge in [-0.05, 0) is 73.7 Å². The van der Waals surface area contributed by atoms with Crippen LogP contribution in [-0.2, 0) is 6.42 Å². The van der Waals surface area contributed by atoms with Gasteiger partial charge in [0, 0.05) is 5.69 Å². The Balaban J connectivity index is 1.59. The number of nitrogens with one attached hydrogen (secondary N) is 2. The Morgan fingerprint density at radius 3 is 2.15 bits per heavy atom. The van der Waals surface area contributed by atoms with Crippen molar-refractivity contribution in [1.29, 1.82) is 0 Å². The summed E-state index contributed by atoms with van der Waals surface area (Å²) in [6.07, 6.45) is 9.93. The number of rotatable bonds is 12. The van der Waals surface area contributed by atoms with Crippen molar-refractivity contribution < 1.29 is 23.1 Å². The fraction of sp³-hybridized carbons (Fsp3) is 0.355. The van der Waals surface area contributed by atoms with E-state index in [2.05, 4.69) is 24.4 Å². The van der Waals surface area contributed by atoms with Crippen molar-refractivity contribution in [2.24, 2.45) is 0 Å². The highest BCUT2D eigenvalue weighted by molar-refractivity contribution is 6.33. The molecule has 39 heavy (non-hydrogen) atoms. The lowest BCUT2D eigenvalue weighted by molar-refractivity contribution is 0.0959. The third kappa shape index (κ3) is 8.52. The van der Waals surface area contributed by atoms with Crippen LogP contribution in [0.4, 0.5) is 19.3 Å². The lowest BCUT2D eigenvalue weighted by Gasteiger charge is -2.17. The minimum absolute atomic E-state index is 0.295. The van der Waals surface area contributed by atoms with Crippen LogP contribution in [0, 0.1) is 25.5 Å². The summed E-state index contributed by atoms with van der Waals surface area (Å²) in [5, 5.41) is 4.75. The Morgan fingerprint density at radius 2 is 1.51 bits per heavy atom. The summed E-state index contributed by atoms with van der Waals surface area (Å²) in [7, 11) is 0. The maximum atomic E-state index is 13.8. The van der Waals surface area contributed by atoms with Crippen molar-refractivity contribution in [2.45, 2.75) is 72.1 Å². The molecule has 0 aliphatic rings. The Labute approximate surface area is 233 Å². The standard InChI is InChI=1S/C31H35ClF2N2O3/c1-4-5-6-7-8-9-10-12-22-15-17-23(18-16-22)39-29-20(2)19-26(21(3)28(29)32)35-31(38)36-30(37)27-24(33)13-11-14-25(27)34/h11,13-19H,4-10,12H2,1-3H3,(H2,35,36,37,38). The summed E-state index contributed by atoms with van der Waals surface area (Å²) < 4.78 is 33.8. The molecule has 0 aliphatic carbocycles. The molecule has 0 aromatic heterocycles. The van der Waals surface area contributed by atoms with E-state index >= 15 is 0 Å². The molecule has 0 heterocycles. The monoisotopic (exact) mass is 556 g/mol. The van der Waals surface area contributed by atoms with Gasteiger partial charge in [-0.3, -0.25) is 10.1 Å². The fourth-order valence-corrected chi connectivity index (χ4v) is 4.56. The number of hydrogen-bond donors (Lipinski definition) is 2. The SMILES string of the molecule is CCCCCCCCCc1ccc(Oc2c(C)cc(NC(=O)NC(=O)c3c(F)cccc3F)c(C)c2Cl)cc1. The molecular formula is C31H35ClF2N2O3. The van der Waals surface area contributed by atoms with Gasteiger partial charge in [-0.1, -0.05) is 75.2 Å². The molecule has 0 fully saturated rings. The van der Waals surface area contributed by atoms with Crippen LogP contribution in [0.3, 0.4) is 0 Å². The Bertz CT molecular complexity index is 1280. The smallest absolute Gasteiger partial charge is 0.326 e. The second kappa shape index (κ2) is 14.6. The molecule has 5 nitrogen and oxygen atoms in total. The van der Waals surface area contributed by atoms with Gasteiger partial charge in [0.05, 0.1) is 5.02 Å². The van der Waals surface area contributed by atoms with Crippen molar-refractivity contribution in [1.82, 2.24) is 5.32 Å². The normalized spacial score (nSPS) is 10.8. The van der Waals surface area contributed by atoms with Gasteiger partial charge in [0.25, 0.3) is 5.91 Å². The van der Waals surface area contributed by atoms with Crippen molar-refractivity contribution in [3.8, 4) is 11.5 Å². The third-order valence-corrected chi connectivity index (χ3v) is 6.98. The van der Waals surface area contributed by atoms with Crippen molar-refractivity contribution in [2.75, 3.05) is 5.32 Å². The maximum absolute atomic E-state index is 13.8. The number of anilines is 1. The number of carbonyl (C=O) groups excluding carboxylic acids is 2. The number of ether oxygens (including phenoxy) is 1. The molecule has 2 N–H and O–H groups in total. The molecule has 8 heteroatoms. The van der Waals surface area contributed by atoms with E-state index < -0.39 is 29.1 Å². The Hall–Kier alpha value is -3.45. The highest BCUT2D eigenvalue weighted by Crippen LogP contribution is 2.39. The fourth-order valence-electron chi connectivity index (χ4n) is 4.27. The van der Waals surface area contributed by atoms with Crippen LogP contribution in [0.5, 0.6) is 11.5 Å². The number of benzene rings is 3. The first-order chi connectivity index (χ1) is 18.7. The van der Waals surface area contributed by atoms with Crippen LogP contribution in [0.15, 0.2) is 48.5 Å². The highest BCUT2D eigenvalue weighted by Gasteiger charge is 2.21. The summed E-state index contributed by atoms with van der Waals surface area (Å²) in [6, 6.07) is 11.6. The zero-order chi connectivity index (χ0) is 28.4. The number of unbranched alkanes of at least 4 members (excludes halogenated alkanes) is 6. The van der Waals surface area contributed by atoms with E-state index in [1.807, 2.05) is 17.4 Å². The molecule has 0 saturated carbocycles. The topological polar surface area (TPSA) is 67.4 Å². The first kappa shape index (κ1) is 30.1. The predicted octanol–water partition coefficient (Wildman–Crippen LogP) is 9.28. The molecule has 0 atom stereocenters. The first-order valence-electron chi connectivity index (χ1n) is 13.3. The summed E-state index contributed by atoms with van der Waals surface area (Å²) in [5.74, 6) is -2.24. The van der Waals surface area contributed by atoms with Crippen LogP contribution >= 0.6 is 11.6 Å². The zero-order valence-electron chi connectivity index (χ0n) is 22.6. The highest BCUT2D eigenvalue weighted by atomic mass is 35.5. The van der Waals surface area contributed by atoms with Crippen molar-refractivity contribution >= 4 is 29.2 Å². The van der Waals surface area contributed by atoms with E-state index in [-0.39, 0.29) is 0 Å². The van der Waals surface area contributed by atoms with Gasteiger partial charge in [-0.2, -0.15) is 0 Å². The molecule has 0 bridgehead atoms. The maximum Gasteiger partial charge on any atom is 0.326 e. The number of aryl methyl sites for hydroxylation is 2. The molecule has 0 radical (unpaired) electrons. The molecule has 3 aromatic carbocycles. The van der Waals surface area contributed by atoms with Gasteiger partial charge < -0.3 is 10.1 Å². The lowest BCUT2D eigenvalue weighted by Crippen LogP contribution is -2.35. The van der Waals surface area contributed by atoms with Crippen LogP contribution in [0.2, 0.25) is 5.02 Å². The van der Waals surface area contributed by atoms with Crippen molar-refractivity contribution in [3.05, 3.63) is 87.4 Å². The predicted molar refractivity (Wildman–Crippen MR) is 152 cm³/mol. The zero-order valence-corrected chi connectivity index (χ0v) is 23.4. The van der Waals surface area contributed by atoms with Crippen molar-refractivity contribution in [3.63, 3.8) is 0 Å². The molecule has 208 valence electrons. The van der Waals surface area contributed by atoms with Crippen LogP contribution in [-0.4, -0.2) is 11.9 Å². The molecule has 0 unspecified atom stereocenters. The van der Waals surface area contributed by atoms with E-state index in [4.69, 9.17) is 16.3 Å². The molecule has 3 amide bonds. The first-order valence-corrected chi connectivity index (χ1v) is 13.7. The molecule has 0 spiro atoms. The van der Waals surface area contributed by atoms with Crippen LogP contribution in [0.1, 0.15) is 78.9 Å². The number of halogens is 3. The van der Waals surface area contributed by atoms with Gasteiger partial charge in [0.2, 0.25) is 0 Å². The van der Waals surface area contributed by atoms with Crippen LogP contribution in [0.25, 0.3) is 0 Å². The molecule has 3 aromatic rings. The number of hydrogen-bond acceptors (Lipinski definition) is 3. The summed E-state index contributed by atoms with van der Waals surface area (Å²) in [6.45, 7) is 5.69. The third-order valence-electron chi connectivity index (χ3n) is 6.53. The summed E-state index contributed by atoms with van der Waals surface area (Å²) >= 11 is 6.58. The number of urea groups is 1. The van der Waals surface area contributed by atoms with Crippen LogP contribution < -0.4 is 15.4 Å². The summed E-state index contributed by atoms with van der Waals surface area (Å²) in [5.41, 5.74) is 1.90. The second-order valence-electron chi connectivity index (χ2n) is 9.63. The summed E-state index contributed by atoms with van der Waals surface area (Å²) in [4.78, 5) is 24.6. The van der Waals surface area contributed by atoms with Gasteiger partial charge in [-0.15, -0.1) is 0 Å². The van der Waals surface area contributed by atoms with E-state index in [0.717, 1.165) is 24.6 Å². The minimum Gasteiger partial charge on any atom is -0.456 e.